The van der Waals surface area contributed by atoms with Gasteiger partial charge >= 0.3 is 0 Å². The number of benzene rings is 1. The maximum Gasteiger partial charge on any atom is 0.253 e. The van der Waals surface area contributed by atoms with E-state index in [1.54, 1.807) is 19.2 Å². The molecule has 0 radical (unpaired) electrons. The van der Waals surface area contributed by atoms with E-state index in [0.29, 0.717) is 18.7 Å². The van der Waals surface area contributed by atoms with E-state index in [1.165, 1.54) is 0 Å². The third-order valence-corrected chi connectivity index (χ3v) is 4.73. The second-order valence-corrected chi connectivity index (χ2v) is 6.71. The topological polar surface area (TPSA) is 58.8 Å². The van der Waals surface area contributed by atoms with Crippen molar-refractivity contribution in [3.05, 3.63) is 45.8 Å². The number of carbonyl (C=O) groups is 1. The Morgan fingerprint density at radius 3 is 2.62 bits per heavy atom. The van der Waals surface area contributed by atoms with Gasteiger partial charge in [0.1, 0.15) is 5.75 Å². The lowest BCUT2D eigenvalue weighted by Gasteiger charge is -2.34. The van der Waals surface area contributed by atoms with Gasteiger partial charge in [0, 0.05) is 37.8 Å². The van der Waals surface area contributed by atoms with E-state index in [4.69, 9.17) is 9.26 Å². The minimum atomic E-state index is 0.0495. The van der Waals surface area contributed by atoms with Crippen molar-refractivity contribution in [3.8, 4) is 5.75 Å². The number of nitrogens with zero attached hydrogens (tertiary/aromatic N) is 3. The first kappa shape index (κ1) is 17.0. The fourth-order valence-electron chi connectivity index (χ4n) is 2.80. The number of halogens is 1. The number of ether oxygens (including phenoxy) is 1. The molecular weight excluding hydrogens is 374 g/mol. The molecule has 1 aliphatic heterocycles. The van der Waals surface area contributed by atoms with Gasteiger partial charge in [-0.05, 0) is 41.1 Å². The summed E-state index contributed by atoms with van der Waals surface area (Å²) < 4.78 is 11.2. The van der Waals surface area contributed by atoms with E-state index in [0.717, 1.165) is 41.3 Å². The highest BCUT2D eigenvalue weighted by atomic mass is 79.9. The molecule has 1 fully saturated rings. The summed E-state index contributed by atoms with van der Waals surface area (Å²) in [6.07, 6.45) is 0. The van der Waals surface area contributed by atoms with Crippen LogP contribution in [-0.4, -0.2) is 54.2 Å². The fourth-order valence-corrected chi connectivity index (χ4v) is 3.34. The first-order valence-corrected chi connectivity index (χ1v) is 8.63. The Kier molecular flexibility index (Phi) is 5.20. The lowest BCUT2D eigenvalue weighted by Crippen LogP contribution is -2.48. The van der Waals surface area contributed by atoms with Crippen LogP contribution >= 0.6 is 15.9 Å². The van der Waals surface area contributed by atoms with E-state index in [1.807, 2.05) is 24.0 Å². The molecule has 1 aromatic carbocycles. The fraction of sp³-hybridized carbons (Fsp3) is 0.412. The highest BCUT2D eigenvalue weighted by Crippen LogP contribution is 2.26. The Labute approximate surface area is 149 Å². The predicted octanol–water partition coefficient (Wildman–Crippen LogP) is 2.71. The molecule has 1 aliphatic rings. The Morgan fingerprint density at radius 2 is 2.04 bits per heavy atom. The first-order valence-electron chi connectivity index (χ1n) is 7.84. The average molecular weight is 394 g/mol. The average Bonchev–Trinajstić information content (AvgIpc) is 2.99. The quantitative estimate of drug-likeness (QED) is 0.798. The van der Waals surface area contributed by atoms with Gasteiger partial charge in [-0.25, -0.2) is 0 Å². The van der Waals surface area contributed by atoms with E-state index in [-0.39, 0.29) is 5.91 Å². The Bertz CT molecular complexity index is 724. The second-order valence-electron chi connectivity index (χ2n) is 5.85. The summed E-state index contributed by atoms with van der Waals surface area (Å²) in [6.45, 7) is 5.70. The van der Waals surface area contributed by atoms with Crippen LogP contribution in [0.2, 0.25) is 0 Å². The number of methoxy groups -OCH3 is 1. The molecule has 0 unspecified atom stereocenters. The number of rotatable bonds is 4. The van der Waals surface area contributed by atoms with Crippen molar-refractivity contribution in [2.24, 2.45) is 0 Å². The van der Waals surface area contributed by atoms with Crippen LogP contribution in [0, 0.1) is 6.92 Å². The summed E-state index contributed by atoms with van der Waals surface area (Å²) in [5.74, 6) is 1.64. The van der Waals surface area contributed by atoms with Crippen molar-refractivity contribution >= 4 is 21.8 Å². The van der Waals surface area contributed by atoms with Crippen LogP contribution in [0.4, 0.5) is 0 Å². The van der Waals surface area contributed by atoms with Gasteiger partial charge in [0.2, 0.25) is 0 Å². The van der Waals surface area contributed by atoms with Crippen molar-refractivity contribution in [2.45, 2.75) is 13.5 Å². The molecule has 0 atom stereocenters. The molecule has 1 aromatic heterocycles. The summed E-state index contributed by atoms with van der Waals surface area (Å²) >= 11 is 3.43. The molecule has 0 saturated carbocycles. The van der Waals surface area contributed by atoms with Gasteiger partial charge in [-0.3, -0.25) is 9.69 Å². The van der Waals surface area contributed by atoms with E-state index >= 15 is 0 Å². The van der Waals surface area contributed by atoms with Gasteiger partial charge in [0.25, 0.3) is 5.91 Å². The van der Waals surface area contributed by atoms with Crippen molar-refractivity contribution in [2.75, 3.05) is 33.3 Å². The van der Waals surface area contributed by atoms with Crippen LogP contribution in [0.5, 0.6) is 5.75 Å². The Morgan fingerprint density at radius 1 is 1.29 bits per heavy atom. The summed E-state index contributed by atoms with van der Waals surface area (Å²) in [5.41, 5.74) is 1.56. The monoisotopic (exact) mass is 393 g/mol. The maximum atomic E-state index is 12.6. The van der Waals surface area contributed by atoms with Crippen molar-refractivity contribution in [3.63, 3.8) is 0 Å². The lowest BCUT2D eigenvalue weighted by molar-refractivity contribution is 0.0617. The van der Waals surface area contributed by atoms with Gasteiger partial charge in [-0.2, -0.15) is 0 Å². The van der Waals surface area contributed by atoms with E-state index in [9.17, 15) is 4.79 Å². The molecule has 3 rings (SSSR count). The third kappa shape index (κ3) is 3.79. The molecule has 1 saturated heterocycles. The molecular formula is C17H20BrN3O3. The van der Waals surface area contributed by atoms with Crippen LogP contribution in [0.15, 0.2) is 33.3 Å². The van der Waals surface area contributed by atoms with Crippen LogP contribution in [0.1, 0.15) is 21.8 Å². The minimum Gasteiger partial charge on any atom is -0.496 e. The number of carbonyl (C=O) groups excluding carboxylic acids is 1. The van der Waals surface area contributed by atoms with Crippen LogP contribution < -0.4 is 4.74 Å². The van der Waals surface area contributed by atoms with Crippen LogP contribution in [-0.2, 0) is 6.54 Å². The van der Waals surface area contributed by atoms with E-state index < -0.39 is 0 Å². The Hall–Kier alpha value is -1.86. The number of hydrogen-bond acceptors (Lipinski definition) is 5. The standard InChI is InChI=1S/C17H20BrN3O3/c1-12-9-14(24-19-12)11-20-5-7-21(8-6-20)17(22)13-3-4-16(23-2)15(18)10-13/h3-4,9-10H,5-8,11H2,1-2H3. The first-order chi connectivity index (χ1) is 11.6. The zero-order valence-corrected chi connectivity index (χ0v) is 15.4. The van der Waals surface area contributed by atoms with Crippen molar-refractivity contribution in [1.29, 1.82) is 0 Å². The number of aromatic nitrogens is 1. The summed E-state index contributed by atoms with van der Waals surface area (Å²) in [5, 5.41) is 3.91. The zero-order valence-electron chi connectivity index (χ0n) is 13.8. The van der Waals surface area contributed by atoms with Crippen LogP contribution in [0.25, 0.3) is 0 Å². The number of amides is 1. The van der Waals surface area contributed by atoms with Crippen molar-refractivity contribution < 1.29 is 14.1 Å². The second kappa shape index (κ2) is 7.36. The maximum absolute atomic E-state index is 12.6. The summed E-state index contributed by atoms with van der Waals surface area (Å²) in [4.78, 5) is 16.8. The van der Waals surface area contributed by atoms with E-state index in [2.05, 4.69) is 26.0 Å². The molecule has 2 aromatic rings. The minimum absolute atomic E-state index is 0.0495. The Balaban J connectivity index is 1.57. The number of aryl methyl sites for hydroxylation is 1. The van der Waals surface area contributed by atoms with Gasteiger partial charge in [-0.15, -0.1) is 0 Å². The highest BCUT2D eigenvalue weighted by molar-refractivity contribution is 9.10. The van der Waals surface area contributed by atoms with Gasteiger partial charge in [0.05, 0.1) is 23.8 Å². The zero-order chi connectivity index (χ0) is 17.1. The van der Waals surface area contributed by atoms with Gasteiger partial charge < -0.3 is 14.2 Å². The highest BCUT2D eigenvalue weighted by Gasteiger charge is 2.23. The molecule has 0 bridgehead atoms. The molecule has 0 spiro atoms. The van der Waals surface area contributed by atoms with Gasteiger partial charge in [0.15, 0.2) is 5.76 Å². The van der Waals surface area contributed by atoms with Gasteiger partial charge in [-0.1, -0.05) is 5.16 Å². The third-order valence-electron chi connectivity index (χ3n) is 4.11. The summed E-state index contributed by atoms with van der Waals surface area (Å²) in [6, 6.07) is 7.37. The normalized spacial score (nSPS) is 15.5. The molecule has 0 aliphatic carbocycles. The molecule has 6 nitrogen and oxygen atoms in total. The molecule has 24 heavy (non-hydrogen) atoms. The lowest BCUT2D eigenvalue weighted by atomic mass is 10.1. The molecule has 1 amide bonds. The largest absolute Gasteiger partial charge is 0.496 e. The molecule has 128 valence electrons. The SMILES string of the molecule is COc1ccc(C(=O)N2CCN(Cc3cc(C)no3)CC2)cc1Br. The molecule has 7 heteroatoms. The summed E-state index contributed by atoms with van der Waals surface area (Å²) in [7, 11) is 1.61. The molecule has 2 heterocycles. The predicted molar refractivity (Wildman–Crippen MR) is 93.1 cm³/mol. The van der Waals surface area contributed by atoms with Crippen LogP contribution in [0.3, 0.4) is 0 Å². The smallest absolute Gasteiger partial charge is 0.253 e. The van der Waals surface area contributed by atoms with Crippen molar-refractivity contribution in [1.82, 2.24) is 15.0 Å². The molecule has 0 N–H and O–H groups in total. The number of piperazine rings is 1. The number of hydrogen-bond donors (Lipinski definition) is 0.